The number of aromatic nitrogens is 1. The van der Waals surface area contributed by atoms with Crippen molar-refractivity contribution < 1.29 is 19.1 Å². The molecule has 1 aromatic heterocycles. The van der Waals surface area contributed by atoms with Crippen molar-refractivity contribution in [2.75, 3.05) is 18.6 Å². The highest BCUT2D eigenvalue weighted by Gasteiger charge is 2.53. The van der Waals surface area contributed by atoms with Gasteiger partial charge in [-0.15, -0.1) is 0 Å². The van der Waals surface area contributed by atoms with Crippen LogP contribution >= 0.6 is 0 Å². The van der Waals surface area contributed by atoms with Crippen LogP contribution in [0.3, 0.4) is 0 Å². The third kappa shape index (κ3) is 4.12. The Morgan fingerprint density at radius 1 is 1.05 bits per heavy atom. The minimum Gasteiger partial charge on any atom is -0.497 e. The maximum atomic E-state index is 14.0. The fraction of sp³-hybridized carbons (Fsp3) is 0.258. The van der Waals surface area contributed by atoms with E-state index < -0.39 is 12.1 Å². The molecule has 198 valence electrons. The van der Waals surface area contributed by atoms with Crippen molar-refractivity contribution in [2.24, 2.45) is 0 Å². The number of nitrogens with zero attached hydrogens (tertiary/aromatic N) is 2. The van der Waals surface area contributed by atoms with Crippen LogP contribution in [0.15, 0.2) is 72.8 Å². The van der Waals surface area contributed by atoms with Crippen molar-refractivity contribution in [1.82, 2.24) is 15.2 Å². The van der Waals surface area contributed by atoms with E-state index in [1.165, 1.54) is 4.90 Å². The number of urea groups is 1. The van der Waals surface area contributed by atoms with Crippen LogP contribution in [0.25, 0.3) is 10.9 Å². The highest BCUT2D eigenvalue weighted by Crippen LogP contribution is 2.45. The Labute approximate surface area is 226 Å². The molecule has 2 aliphatic rings. The van der Waals surface area contributed by atoms with Crippen LogP contribution in [0, 0.1) is 0 Å². The predicted octanol–water partition coefficient (Wildman–Crippen LogP) is 5.19. The number of imide groups is 1. The van der Waals surface area contributed by atoms with Gasteiger partial charge >= 0.3 is 6.03 Å². The molecular weight excluding hydrogens is 492 g/mol. The number of H-pyrrole nitrogens is 1. The SMILES string of the molecule is CCCCNC(=O)c1ccc(N2C(=O)[C@@H]3Cc4c([nH]c5ccccc45)[C@H](c4cccc(OC)c4)N3C2=O)cc1. The number of benzene rings is 3. The summed E-state index contributed by atoms with van der Waals surface area (Å²) in [5.41, 5.74) is 4.71. The zero-order valence-electron chi connectivity index (χ0n) is 21.9. The van der Waals surface area contributed by atoms with Gasteiger partial charge in [0.05, 0.1) is 12.8 Å². The molecule has 1 saturated heterocycles. The van der Waals surface area contributed by atoms with Crippen LogP contribution in [0.5, 0.6) is 5.75 Å². The number of rotatable bonds is 7. The summed E-state index contributed by atoms with van der Waals surface area (Å²) in [6, 6.07) is 20.7. The molecule has 1 fully saturated rings. The summed E-state index contributed by atoms with van der Waals surface area (Å²) in [5, 5.41) is 3.95. The number of para-hydroxylation sites is 1. The molecule has 8 heteroatoms. The van der Waals surface area contributed by atoms with Crippen molar-refractivity contribution in [3.63, 3.8) is 0 Å². The Kier molecular flexibility index (Phi) is 6.30. The van der Waals surface area contributed by atoms with Gasteiger partial charge in [0, 0.05) is 35.1 Å². The first kappa shape index (κ1) is 24.7. The minimum atomic E-state index is -0.655. The second-order valence-electron chi connectivity index (χ2n) is 9.98. The predicted molar refractivity (Wildman–Crippen MR) is 149 cm³/mol. The lowest BCUT2D eigenvalue weighted by Crippen LogP contribution is -2.44. The third-order valence-electron chi connectivity index (χ3n) is 7.66. The van der Waals surface area contributed by atoms with Crippen LogP contribution < -0.4 is 15.0 Å². The number of hydrogen-bond acceptors (Lipinski definition) is 4. The van der Waals surface area contributed by atoms with Gasteiger partial charge in [-0.05, 0) is 60.0 Å². The Morgan fingerprint density at radius 2 is 1.85 bits per heavy atom. The number of ether oxygens (including phenoxy) is 1. The second-order valence-corrected chi connectivity index (χ2v) is 9.98. The van der Waals surface area contributed by atoms with Crippen molar-refractivity contribution in [1.29, 1.82) is 0 Å². The maximum absolute atomic E-state index is 14.0. The molecule has 4 amide bonds. The van der Waals surface area contributed by atoms with Gasteiger partial charge in [-0.1, -0.05) is 43.7 Å². The van der Waals surface area contributed by atoms with Crippen LogP contribution in [-0.2, 0) is 11.2 Å². The number of amides is 4. The molecule has 0 radical (unpaired) electrons. The zero-order chi connectivity index (χ0) is 27.1. The number of hydrogen-bond donors (Lipinski definition) is 2. The van der Waals surface area contributed by atoms with Gasteiger partial charge in [0.25, 0.3) is 11.8 Å². The highest BCUT2D eigenvalue weighted by atomic mass is 16.5. The Hall–Kier alpha value is -4.59. The van der Waals surface area contributed by atoms with Crippen molar-refractivity contribution in [3.8, 4) is 5.75 Å². The number of fused-ring (bicyclic) bond motifs is 4. The monoisotopic (exact) mass is 522 g/mol. The van der Waals surface area contributed by atoms with Crippen molar-refractivity contribution in [3.05, 3.63) is 95.2 Å². The fourth-order valence-corrected chi connectivity index (χ4v) is 5.71. The van der Waals surface area contributed by atoms with Gasteiger partial charge in [0.1, 0.15) is 17.8 Å². The molecule has 3 aromatic carbocycles. The first-order valence-corrected chi connectivity index (χ1v) is 13.3. The molecule has 4 aromatic rings. The van der Waals surface area contributed by atoms with E-state index in [-0.39, 0.29) is 17.8 Å². The molecule has 0 unspecified atom stereocenters. The summed E-state index contributed by atoms with van der Waals surface area (Å²) in [6.07, 6.45) is 2.31. The van der Waals surface area contributed by atoms with Gasteiger partial charge < -0.3 is 15.0 Å². The van der Waals surface area contributed by atoms with E-state index in [0.29, 0.717) is 30.0 Å². The lowest BCUT2D eigenvalue weighted by Gasteiger charge is -2.36. The van der Waals surface area contributed by atoms with E-state index in [9.17, 15) is 14.4 Å². The fourth-order valence-electron chi connectivity index (χ4n) is 5.71. The summed E-state index contributed by atoms with van der Waals surface area (Å²) < 4.78 is 5.48. The van der Waals surface area contributed by atoms with Gasteiger partial charge in [0.15, 0.2) is 0 Å². The molecule has 2 N–H and O–H groups in total. The summed E-state index contributed by atoms with van der Waals surface area (Å²) in [7, 11) is 1.61. The first-order chi connectivity index (χ1) is 19.0. The summed E-state index contributed by atoms with van der Waals surface area (Å²) >= 11 is 0. The molecule has 2 aliphatic heterocycles. The summed E-state index contributed by atoms with van der Waals surface area (Å²) in [6.45, 7) is 2.67. The Bertz CT molecular complexity index is 1580. The molecule has 0 bridgehead atoms. The normalized spacial score (nSPS) is 18.3. The number of carbonyl (C=O) groups excluding carboxylic acids is 3. The number of carbonyl (C=O) groups is 3. The molecule has 3 heterocycles. The van der Waals surface area contributed by atoms with Crippen LogP contribution in [-0.4, -0.2) is 47.4 Å². The Balaban J connectivity index is 1.39. The molecule has 8 nitrogen and oxygen atoms in total. The molecular formula is C31H30N4O4. The smallest absolute Gasteiger partial charge is 0.332 e. The van der Waals surface area contributed by atoms with Gasteiger partial charge in [-0.2, -0.15) is 0 Å². The van der Waals surface area contributed by atoms with Gasteiger partial charge in [-0.25, -0.2) is 9.69 Å². The average Bonchev–Trinajstić information content (AvgIpc) is 3.46. The van der Waals surface area contributed by atoms with E-state index >= 15 is 0 Å². The topological polar surface area (TPSA) is 94.7 Å². The zero-order valence-corrected chi connectivity index (χ0v) is 21.9. The van der Waals surface area contributed by atoms with E-state index in [1.54, 1.807) is 36.3 Å². The maximum Gasteiger partial charge on any atom is 0.332 e. The Morgan fingerprint density at radius 3 is 2.62 bits per heavy atom. The van der Waals surface area contributed by atoms with Gasteiger partial charge in [0.2, 0.25) is 0 Å². The van der Waals surface area contributed by atoms with Crippen LogP contribution in [0.1, 0.15) is 53.0 Å². The van der Waals surface area contributed by atoms with E-state index in [0.717, 1.165) is 40.6 Å². The van der Waals surface area contributed by atoms with E-state index in [4.69, 9.17) is 4.74 Å². The minimum absolute atomic E-state index is 0.171. The highest BCUT2D eigenvalue weighted by molar-refractivity contribution is 6.22. The second kappa shape index (κ2) is 9.94. The lowest BCUT2D eigenvalue weighted by atomic mass is 9.89. The molecule has 0 spiro atoms. The first-order valence-electron chi connectivity index (χ1n) is 13.3. The number of aromatic amines is 1. The molecule has 0 aliphatic carbocycles. The van der Waals surface area contributed by atoms with Crippen LogP contribution in [0.2, 0.25) is 0 Å². The number of unbranched alkanes of at least 4 members (excludes halogenated alkanes) is 1. The van der Waals surface area contributed by atoms with Gasteiger partial charge in [-0.3, -0.25) is 14.5 Å². The number of methoxy groups -OCH3 is 1. The van der Waals surface area contributed by atoms with Crippen molar-refractivity contribution in [2.45, 2.75) is 38.3 Å². The summed E-state index contributed by atoms with van der Waals surface area (Å²) in [4.78, 5) is 46.8. The lowest BCUT2D eigenvalue weighted by molar-refractivity contribution is -0.120. The molecule has 0 saturated carbocycles. The quantitative estimate of drug-likeness (QED) is 0.258. The summed E-state index contributed by atoms with van der Waals surface area (Å²) in [5.74, 6) is 0.230. The third-order valence-corrected chi connectivity index (χ3v) is 7.66. The van der Waals surface area contributed by atoms with Crippen molar-refractivity contribution >= 4 is 34.4 Å². The number of nitrogens with one attached hydrogen (secondary N) is 2. The van der Waals surface area contributed by atoms with Crippen LogP contribution in [0.4, 0.5) is 10.5 Å². The largest absolute Gasteiger partial charge is 0.497 e. The molecule has 6 rings (SSSR count). The molecule has 39 heavy (non-hydrogen) atoms. The average molecular weight is 523 g/mol. The molecule has 2 atom stereocenters. The van der Waals surface area contributed by atoms with E-state index in [2.05, 4.69) is 17.2 Å². The standard InChI is InChI=1S/C31H30N4O4/c1-3-4-16-32-29(36)19-12-14-21(15-13-19)34-30(37)26-18-24-23-10-5-6-11-25(23)33-27(24)28(35(26)31(34)38)20-8-7-9-22(17-20)39-2/h5-15,17,26,28,33H,3-4,16,18H2,1-2H3,(H,32,36)/t26-,28-/m0/s1. The number of anilines is 1. The van der Waals surface area contributed by atoms with E-state index in [1.807, 2.05) is 48.5 Å².